The van der Waals surface area contributed by atoms with Gasteiger partial charge in [0.1, 0.15) is 29.8 Å². The Bertz CT molecular complexity index is 1020. The van der Waals surface area contributed by atoms with Gasteiger partial charge in [0.2, 0.25) is 0 Å². The molecule has 2 aromatic rings. The Labute approximate surface area is 195 Å². The summed E-state index contributed by atoms with van der Waals surface area (Å²) in [5, 5.41) is 0. The van der Waals surface area contributed by atoms with E-state index in [0.29, 0.717) is 12.2 Å². The van der Waals surface area contributed by atoms with Gasteiger partial charge in [-0.05, 0) is 55.5 Å². The number of ether oxygens (including phenoxy) is 7. The van der Waals surface area contributed by atoms with Crippen molar-refractivity contribution in [1.82, 2.24) is 0 Å². The molecule has 0 bridgehead atoms. The second kappa shape index (κ2) is 10.6. The fraction of sp³-hybridized carbons (Fsp3) is 0.375. The predicted octanol–water partition coefficient (Wildman–Crippen LogP) is 2.78. The molecule has 10 heteroatoms. The van der Waals surface area contributed by atoms with E-state index in [1.807, 2.05) is 0 Å². The van der Waals surface area contributed by atoms with Gasteiger partial charge in [0.05, 0.1) is 30.9 Å². The SMILES string of the molecule is CCOC(=O)Oc1ccc(C(=O)Oc2ccc(C(=O)OC3COC4C(OC)COC34)cc2)cc1. The summed E-state index contributed by atoms with van der Waals surface area (Å²) in [5.74, 6) is -0.663. The van der Waals surface area contributed by atoms with Gasteiger partial charge in [0.25, 0.3) is 0 Å². The average molecular weight is 472 g/mol. The summed E-state index contributed by atoms with van der Waals surface area (Å²) in [6.07, 6.45) is -2.14. The third-order valence-corrected chi connectivity index (χ3v) is 5.38. The first-order chi connectivity index (χ1) is 16.5. The molecule has 0 radical (unpaired) electrons. The Kier molecular flexibility index (Phi) is 7.41. The van der Waals surface area contributed by atoms with Crippen LogP contribution in [0.4, 0.5) is 4.79 Å². The maximum atomic E-state index is 12.5. The monoisotopic (exact) mass is 472 g/mol. The molecule has 0 spiro atoms. The van der Waals surface area contributed by atoms with Crippen molar-refractivity contribution >= 4 is 18.1 Å². The molecule has 2 fully saturated rings. The second-order valence-corrected chi connectivity index (χ2v) is 7.54. The lowest BCUT2D eigenvalue weighted by molar-refractivity contribution is -0.0280. The van der Waals surface area contributed by atoms with Crippen LogP contribution in [0.15, 0.2) is 48.5 Å². The molecule has 2 aliphatic rings. The van der Waals surface area contributed by atoms with Crippen LogP contribution in [0.5, 0.6) is 11.5 Å². The van der Waals surface area contributed by atoms with Crippen LogP contribution in [-0.4, -0.2) is 69.4 Å². The van der Waals surface area contributed by atoms with Crippen LogP contribution in [0.1, 0.15) is 27.6 Å². The van der Waals surface area contributed by atoms with Gasteiger partial charge in [-0.1, -0.05) is 0 Å². The minimum absolute atomic E-state index is 0.177. The van der Waals surface area contributed by atoms with E-state index in [9.17, 15) is 14.4 Å². The topological polar surface area (TPSA) is 116 Å². The van der Waals surface area contributed by atoms with Crippen LogP contribution in [-0.2, 0) is 23.7 Å². The first-order valence-corrected chi connectivity index (χ1v) is 10.7. The van der Waals surface area contributed by atoms with E-state index in [-0.39, 0.29) is 48.6 Å². The van der Waals surface area contributed by atoms with Gasteiger partial charge in [-0.25, -0.2) is 14.4 Å². The number of esters is 2. The summed E-state index contributed by atoms with van der Waals surface area (Å²) in [6.45, 7) is 2.48. The summed E-state index contributed by atoms with van der Waals surface area (Å²) >= 11 is 0. The lowest BCUT2D eigenvalue weighted by Gasteiger charge is -2.16. The Morgan fingerprint density at radius 1 is 0.794 bits per heavy atom. The largest absolute Gasteiger partial charge is 0.513 e. The molecule has 2 aliphatic heterocycles. The highest BCUT2D eigenvalue weighted by Gasteiger charge is 2.49. The minimum atomic E-state index is -0.827. The van der Waals surface area contributed by atoms with E-state index in [1.54, 1.807) is 14.0 Å². The predicted molar refractivity (Wildman–Crippen MR) is 115 cm³/mol. The molecule has 0 N–H and O–H groups in total. The number of benzene rings is 2. The number of methoxy groups -OCH3 is 1. The number of hydrogen-bond donors (Lipinski definition) is 0. The van der Waals surface area contributed by atoms with Gasteiger partial charge in [0, 0.05) is 7.11 Å². The highest BCUT2D eigenvalue weighted by molar-refractivity contribution is 5.92. The number of hydrogen-bond acceptors (Lipinski definition) is 10. The van der Waals surface area contributed by atoms with Crippen molar-refractivity contribution in [3.63, 3.8) is 0 Å². The molecule has 0 aromatic heterocycles. The molecule has 0 amide bonds. The summed E-state index contributed by atoms with van der Waals surface area (Å²) in [6, 6.07) is 11.8. The Hall–Kier alpha value is -3.47. The molecule has 10 nitrogen and oxygen atoms in total. The van der Waals surface area contributed by atoms with E-state index in [0.717, 1.165) is 0 Å². The zero-order chi connectivity index (χ0) is 24.1. The molecule has 4 atom stereocenters. The number of carbonyl (C=O) groups excluding carboxylic acids is 3. The summed E-state index contributed by atoms with van der Waals surface area (Å²) in [5.41, 5.74) is 0.548. The second-order valence-electron chi connectivity index (χ2n) is 7.54. The third kappa shape index (κ3) is 5.36. The Balaban J connectivity index is 1.30. The molecule has 4 unspecified atom stereocenters. The van der Waals surface area contributed by atoms with Crippen molar-refractivity contribution in [3.8, 4) is 11.5 Å². The molecule has 0 aliphatic carbocycles. The Morgan fingerprint density at radius 3 is 1.91 bits per heavy atom. The van der Waals surface area contributed by atoms with Gasteiger partial charge in [0.15, 0.2) is 6.10 Å². The third-order valence-electron chi connectivity index (χ3n) is 5.38. The van der Waals surface area contributed by atoms with Crippen molar-refractivity contribution in [2.24, 2.45) is 0 Å². The van der Waals surface area contributed by atoms with Gasteiger partial charge < -0.3 is 33.2 Å². The van der Waals surface area contributed by atoms with Crippen LogP contribution < -0.4 is 9.47 Å². The molecule has 4 rings (SSSR count). The van der Waals surface area contributed by atoms with Crippen molar-refractivity contribution in [2.45, 2.75) is 31.3 Å². The number of fused-ring (bicyclic) bond motifs is 1. The molecular formula is C24H24O10. The highest BCUT2D eigenvalue weighted by Crippen LogP contribution is 2.30. The Morgan fingerprint density at radius 2 is 1.32 bits per heavy atom. The van der Waals surface area contributed by atoms with Crippen LogP contribution in [0.2, 0.25) is 0 Å². The van der Waals surface area contributed by atoms with E-state index in [2.05, 4.69) is 4.74 Å². The van der Waals surface area contributed by atoms with Crippen molar-refractivity contribution in [2.75, 3.05) is 26.9 Å². The summed E-state index contributed by atoms with van der Waals surface area (Å²) in [7, 11) is 1.59. The van der Waals surface area contributed by atoms with Crippen LogP contribution in [0.25, 0.3) is 0 Å². The standard InChI is InChI=1S/C24H24O10/c1-3-29-24(27)33-17-10-6-14(7-11-17)22(25)32-16-8-4-15(5-9-16)23(26)34-19-13-31-20-18(28-2)12-30-21(19)20/h4-11,18-21H,3,12-13H2,1-2H3. The molecule has 2 saturated heterocycles. The van der Waals surface area contributed by atoms with Crippen molar-refractivity contribution in [1.29, 1.82) is 0 Å². The molecule has 34 heavy (non-hydrogen) atoms. The van der Waals surface area contributed by atoms with Gasteiger partial charge >= 0.3 is 18.1 Å². The zero-order valence-corrected chi connectivity index (χ0v) is 18.6. The first kappa shape index (κ1) is 23.7. The smallest absolute Gasteiger partial charge is 0.453 e. The molecule has 2 heterocycles. The van der Waals surface area contributed by atoms with Crippen molar-refractivity contribution in [3.05, 3.63) is 59.7 Å². The van der Waals surface area contributed by atoms with Crippen LogP contribution in [0, 0.1) is 0 Å². The lowest BCUT2D eigenvalue weighted by atomic mass is 10.1. The molecule has 0 saturated carbocycles. The van der Waals surface area contributed by atoms with Crippen LogP contribution >= 0.6 is 0 Å². The minimum Gasteiger partial charge on any atom is -0.453 e. The van der Waals surface area contributed by atoms with Gasteiger partial charge in [-0.3, -0.25) is 0 Å². The average Bonchev–Trinajstić information content (AvgIpc) is 3.42. The number of rotatable bonds is 7. The van der Waals surface area contributed by atoms with Crippen LogP contribution in [0.3, 0.4) is 0 Å². The summed E-state index contributed by atoms with van der Waals surface area (Å²) in [4.78, 5) is 36.2. The van der Waals surface area contributed by atoms with E-state index < -0.39 is 24.2 Å². The normalized spacial score (nSPS) is 23.1. The zero-order valence-electron chi connectivity index (χ0n) is 18.6. The van der Waals surface area contributed by atoms with E-state index in [1.165, 1.54) is 48.5 Å². The molecule has 2 aromatic carbocycles. The fourth-order valence-electron chi connectivity index (χ4n) is 3.67. The first-order valence-electron chi connectivity index (χ1n) is 10.7. The maximum Gasteiger partial charge on any atom is 0.513 e. The van der Waals surface area contributed by atoms with Gasteiger partial charge in [-0.15, -0.1) is 0 Å². The lowest BCUT2D eigenvalue weighted by Crippen LogP contribution is -2.34. The maximum absolute atomic E-state index is 12.5. The van der Waals surface area contributed by atoms with Crippen molar-refractivity contribution < 1.29 is 47.5 Å². The van der Waals surface area contributed by atoms with E-state index >= 15 is 0 Å². The molecule has 180 valence electrons. The van der Waals surface area contributed by atoms with Gasteiger partial charge in [-0.2, -0.15) is 0 Å². The highest BCUT2D eigenvalue weighted by atomic mass is 16.7. The summed E-state index contributed by atoms with van der Waals surface area (Å²) < 4.78 is 37.1. The van der Waals surface area contributed by atoms with E-state index in [4.69, 9.17) is 28.4 Å². The fourth-order valence-corrected chi connectivity index (χ4v) is 3.67. The number of carbonyl (C=O) groups is 3. The molecular weight excluding hydrogens is 448 g/mol. The quantitative estimate of drug-likeness (QED) is 0.338.